The molecule has 0 heterocycles. The number of carbonyl (C=O) groups is 2. The summed E-state index contributed by atoms with van der Waals surface area (Å²) in [7, 11) is 1.41. The molecule has 0 aliphatic carbocycles. The fourth-order valence-electron chi connectivity index (χ4n) is 2.36. The van der Waals surface area contributed by atoms with E-state index in [-0.39, 0.29) is 10.8 Å². The highest BCUT2D eigenvalue weighted by Crippen LogP contribution is 2.27. The third-order valence-electron chi connectivity index (χ3n) is 3.56. The van der Waals surface area contributed by atoms with Gasteiger partial charge in [0.15, 0.2) is 11.6 Å². The Bertz CT molecular complexity index is 812. The van der Waals surface area contributed by atoms with Crippen molar-refractivity contribution in [2.24, 2.45) is 0 Å². The van der Waals surface area contributed by atoms with Gasteiger partial charge in [-0.1, -0.05) is 32.0 Å². The highest BCUT2D eigenvalue weighted by molar-refractivity contribution is 8.00. The number of thioether (sulfide) groups is 1. The van der Waals surface area contributed by atoms with Crippen LogP contribution in [0.2, 0.25) is 0 Å². The zero-order valence-corrected chi connectivity index (χ0v) is 15.5. The first-order valence-corrected chi connectivity index (χ1v) is 8.94. The molecule has 26 heavy (non-hydrogen) atoms. The smallest absolute Gasteiger partial charge is 0.253 e. The molecule has 1 atom stereocenters. The highest BCUT2D eigenvalue weighted by Gasteiger charge is 2.24. The van der Waals surface area contributed by atoms with Crippen LogP contribution in [0.25, 0.3) is 0 Å². The van der Waals surface area contributed by atoms with E-state index in [0.29, 0.717) is 5.56 Å². The lowest BCUT2D eigenvalue weighted by molar-refractivity contribution is -0.122. The van der Waals surface area contributed by atoms with Gasteiger partial charge in [0.1, 0.15) is 6.04 Å². The molecule has 0 radical (unpaired) electrons. The molecule has 2 rings (SSSR count). The van der Waals surface area contributed by atoms with Gasteiger partial charge in [0.05, 0.1) is 5.56 Å². The molecule has 0 spiro atoms. The van der Waals surface area contributed by atoms with Crippen molar-refractivity contribution in [3.05, 3.63) is 65.2 Å². The second-order valence-corrected chi connectivity index (χ2v) is 7.48. The van der Waals surface area contributed by atoms with E-state index in [0.717, 1.165) is 17.0 Å². The molecule has 2 amide bonds. The zero-order chi connectivity index (χ0) is 19.3. The molecule has 0 saturated carbocycles. The SMILES string of the molecule is CNC(=O)C(NC(=O)c1ccccc1SC(C)C)c1ccc(F)c(F)c1. The van der Waals surface area contributed by atoms with Crippen LogP contribution in [-0.4, -0.2) is 24.1 Å². The molecular formula is C19H20F2N2O2S. The molecule has 1 unspecified atom stereocenters. The van der Waals surface area contributed by atoms with Crippen molar-refractivity contribution in [3.8, 4) is 0 Å². The van der Waals surface area contributed by atoms with Crippen molar-refractivity contribution >= 4 is 23.6 Å². The molecule has 0 bridgehead atoms. The minimum atomic E-state index is -1.14. The van der Waals surface area contributed by atoms with E-state index < -0.39 is 29.5 Å². The summed E-state index contributed by atoms with van der Waals surface area (Å²) >= 11 is 1.52. The average Bonchev–Trinajstić information content (AvgIpc) is 2.61. The van der Waals surface area contributed by atoms with Crippen LogP contribution >= 0.6 is 11.8 Å². The van der Waals surface area contributed by atoms with Crippen LogP contribution in [-0.2, 0) is 4.79 Å². The maximum absolute atomic E-state index is 13.6. The van der Waals surface area contributed by atoms with Crippen LogP contribution in [0.1, 0.15) is 35.8 Å². The number of halogens is 2. The highest BCUT2D eigenvalue weighted by atomic mass is 32.2. The average molecular weight is 378 g/mol. The summed E-state index contributed by atoms with van der Waals surface area (Å²) < 4.78 is 26.7. The van der Waals surface area contributed by atoms with Gasteiger partial charge in [-0.05, 0) is 29.8 Å². The number of carbonyl (C=O) groups excluding carboxylic acids is 2. The first-order chi connectivity index (χ1) is 12.3. The summed E-state index contributed by atoms with van der Waals surface area (Å²) in [5, 5.41) is 5.30. The Morgan fingerprint density at radius 3 is 2.35 bits per heavy atom. The predicted octanol–water partition coefficient (Wildman–Crippen LogP) is 3.68. The Labute approximate surface area is 155 Å². The lowest BCUT2D eigenvalue weighted by atomic mass is 10.0. The lowest BCUT2D eigenvalue weighted by Crippen LogP contribution is -2.39. The van der Waals surface area contributed by atoms with Gasteiger partial charge in [-0.15, -0.1) is 11.8 Å². The van der Waals surface area contributed by atoms with Crippen molar-refractivity contribution in [2.75, 3.05) is 7.05 Å². The van der Waals surface area contributed by atoms with Gasteiger partial charge in [-0.2, -0.15) is 0 Å². The van der Waals surface area contributed by atoms with Crippen molar-refractivity contribution < 1.29 is 18.4 Å². The van der Waals surface area contributed by atoms with Gasteiger partial charge in [-0.25, -0.2) is 8.78 Å². The van der Waals surface area contributed by atoms with E-state index in [9.17, 15) is 18.4 Å². The van der Waals surface area contributed by atoms with Crippen LogP contribution in [0, 0.1) is 11.6 Å². The topological polar surface area (TPSA) is 58.2 Å². The fraction of sp³-hybridized carbons (Fsp3) is 0.263. The number of likely N-dealkylation sites (N-methyl/N-ethyl adjacent to an activating group) is 1. The van der Waals surface area contributed by atoms with Crippen LogP contribution in [0.15, 0.2) is 47.4 Å². The quantitative estimate of drug-likeness (QED) is 0.754. The molecule has 0 aliphatic heterocycles. The molecule has 0 saturated heterocycles. The molecule has 2 N–H and O–H groups in total. The predicted molar refractivity (Wildman–Crippen MR) is 98.1 cm³/mol. The van der Waals surface area contributed by atoms with E-state index >= 15 is 0 Å². The Morgan fingerprint density at radius 1 is 1.04 bits per heavy atom. The monoisotopic (exact) mass is 378 g/mol. The zero-order valence-electron chi connectivity index (χ0n) is 14.7. The molecule has 138 valence electrons. The fourth-order valence-corrected chi connectivity index (χ4v) is 3.31. The second kappa shape index (κ2) is 8.80. The first-order valence-electron chi connectivity index (χ1n) is 8.06. The summed E-state index contributed by atoms with van der Waals surface area (Å²) in [5.41, 5.74) is 0.577. The van der Waals surface area contributed by atoms with Crippen LogP contribution in [0.5, 0.6) is 0 Å². The van der Waals surface area contributed by atoms with Gasteiger partial charge in [0, 0.05) is 17.2 Å². The van der Waals surface area contributed by atoms with Gasteiger partial charge < -0.3 is 10.6 Å². The summed E-state index contributed by atoms with van der Waals surface area (Å²) in [5.74, 6) is -3.10. The summed E-state index contributed by atoms with van der Waals surface area (Å²) in [6.45, 7) is 4.02. The van der Waals surface area contributed by atoms with E-state index in [1.807, 2.05) is 26.0 Å². The van der Waals surface area contributed by atoms with Crippen molar-refractivity contribution in [2.45, 2.75) is 30.0 Å². The van der Waals surface area contributed by atoms with Crippen molar-refractivity contribution in [1.82, 2.24) is 10.6 Å². The van der Waals surface area contributed by atoms with Gasteiger partial charge in [-0.3, -0.25) is 9.59 Å². The molecule has 0 fully saturated rings. The molecule has 0 aliphatic rings. The number of hydrogen-bond acceptors (Lipinski definition) is 3. The number of nitrogens with one attached hydrogen (secondary N) is 2. The molecular weight excluding hydrogens is 358 g/mol. The Morgan fingerprint density at radius 2 is 1.73 bits per heavy atom. The van der Waals surface area contributed by atoms with Crippen molar-refractivity contribution in [3.63, 3.8) is 0 Å². The lowest BCUT2D eigenvalue weighted by Gasteiger charge is -2.19. The Hall–Kier alpha value is -2.41. The van der Waals surface area contributed by atoms with Crippen molar-refractivity contribution in [1.29, 1.82) is 0 Å². The van der Waals surface area contributed by atoms with Gasteiger partial charge in [0.25, 0.3) is 5.91 Å². The van der Waals surface area contributed by atoms with E-state index in [4.69, 9.17) is 0 Å². The van der Waals surface area contributed by atoms with Crippen LogP contribution in [0.4, 0.5) is 8.78 Å². The third-order valence-corrected chi connectivity index (χ3v) is 4.64. The van der Waals surface area contributed by atoms with Gasteiger partial charge in [0.2, 0.25) is 5.91 Å². The Balaban J connectivity index is 2.33. The number of amides is 2. The molecule has 0 aromatic heterocycles. The maximum atomic E-state index is 13.6. The Kier molecular flexibility index (Phi) is 6.74. The number of benzene rings is 2. The summed E-state index contributed by atoms with van der Waals surface area (Å²) in [6, 6.07) is 9.00. The number of rotatable bonds is 6. The standard InChI is InChI=1S/C19H20F2N2O2S/c1-11(2)26-16-7-5-4-6-13(16)18(24)23-17(19(25)22-3)12-8-9-14(20)15(21)10-12/h4-11,17H,1-3H3,(H,22,25)(H,23,24). The second-order valence-electron chi connectivity index (χ2n) is 5.86. The van der Waals surface area contributed by atoms with E-state index in [1.165, 1.54) is 24.9 Å². The molecule has 7 heteroatoms. The number of hydrogen-bond donors (Lipinski definition) is 2. The maximum Gasteiger partial charge on any atom is 0.253 e. The minimum Gasteiger partial charge on any atom is -0.357 e. The third kappa shape index (κ3) is 4.82. The van der Waals surface area contributed by atoms with Crippen LogP contribution in [0.3, 0.4) is 0 Å². The molecule has 4 nitrogen and oxygen atoms in total. The molecule has 2 aromatic rings. The molecule has 2 aromatic carbocycles. The van der Waals surface area contributed by atoms with Crippen LogP contribution < -0.4 is 10.6 Å². The summed E-state index contributed by atoms with van der Waals surface area (Å²) in [6.07, 6.45) is 0. The first kappa shape index (κ1) is 19.9. The normalized spacial score (nSPS) is 11.9. The van der Waals surface area contributed by atoms with Gasteiger partial charge >= 0.3 is 0 Å². The van der Waals surface area contributed by atoms with E-state index in [2.05, 4.69) is 10.6 Å². The minimum absolute atomic E-state index is 0.158. The van der Waals surface area contributed by atoms with E-state index in [1.54, 1.807) is 12.1 Å². The largest absolute Gasteiger partial charge is 0.357 e. The summed E-state index contributed by atoms with van der Waals surface area (Å²) in [4.78, 5) is 25.7.